The number of nitrogens with zero attached hydrogens (tertiary/aromatic N) is 1. The van der Waals surface area contributed by atoms with Crippen molar-refractivity contribution in [1.29, 1.82) is 0 Å². The summed E-state index contributed by atoms with van der Waals surface area (Å²) in [6.45, 7) is 2.08. The van der Waals surface area contributed by atoms with Gasteiger partial charge in [0.05, 0.1) is 5.52 Å². The van der Waals surface area contributed by atoms with Crippen LogP contribution in [-0.4, -0.2) is 4.98 Å². The molecule has 0 radical (unpaired) electrons. The second kappa shape index (κ2) is 13.2. The number of nitrogen functional groups attached to an aromatic ring is 3. The Morgan fingerprint density at radius 3 is 1.89 bits per heavy atom. The molecule has 1 heterocycles. The first-order chi connectivity index (χ1) is 22.3. The standard InChI is InChI=1S/C40H36N6/c1-3-39-30(23-31-24-33(42)10-19-40(31)46-39)21-26(2)20-29-25-37(17-18-38(29)43)45-35-13-6-28(7-14-35)22-27-4-11-34(12-5-27)44-36-15-8-32(41)9-16-36/h1,4-19,21,23-25,44-45H,20,22,41-43H2,2H3. The minimum Gasteiger partial charge on any atom is -0.399 e. The second-order valence-electron chi connectivity index (χ2n) is 11.5. The van der Waals surface area contributed by atoms with E-state index in [0.29, 0.717) is 17.8 Å². The van der Waals surface area contributed by atoms with E-state index in [2.05, 4.69) is 89.1 Å². The summed E-state index contributed by atoms with van der Waals surface area (Å²) >= 11 is 0. The quantitative estimate of drug-likeness (QED) is 0.0838. The van der Waals surface area contributed by atoms with Crippen molar-refractivity contribution in [2.75, 3.05) is 27.8 Å². The fraction of sp³-hybridized carbons (Fsp3) is 0.0750. The van der Waals surface area contributed by atoms with Crippen molar-refractivity contribution >= 4 is 56.8 Å². The first-order valence-corrected chi connectivity index (χ1v) is 15.1. The Morgan fingerprint density at radius 1 is 0.696 bits per heavy atom. The van der Waals surface area contributed by atoms with E-state index in [1.165, 1.54) is 11.1 Å². The summed E-state index contributed by atoms with van der Waals surface area (Å²) in [4.78, 5) is 4.65. The van der Waals surface area contributed by atoms with Crippen LogP contribution in [0.25, 0.3) is 17.0 Å². The summed E-state index contributed by atoms with van der Waals surface area (Å²) < 4.78 is 0. The van der Waals surface area contributed by atoms with Crippen LogP contribution < -0.4 is 27.8 Å². The van der Waals surface area contributed by atoms with Crippen LogP contribution in [0.15, 0.2) is 121 Å². The van der Waals surface area contributed by atoms with E-state index in [0.717, 1.165) is 68.1 Å². The average Bonchev–Trinajstić information content (AvgIpc) is 3.05. The van der Waals surface area contributed by atoms with Gasteiger partial charge in [0.2, 0.25) is 0 Å². The van der Waals surface area contributed by atoms with Gasteiger partial charge in [0.1, 0.15) is 5.69 Å². The molecule has 6 aromatic rings. The van der Waals surface area contributed by atoms with Gasteiger partial charge < -0.3 is 27.8 Å². The molecule has 0 aliphatic rings. The normalized spacial score (nSPS) is 11.3. The largest absolute Gasteiger partial charge is 0.399 e. The molecule has 0 saturated heterocycles. The third kappa shape index (κ3) is 7.29. The summed E-state index contributed by atoms with van der Waals surface area (Å²) in [5.74, 6) is 2.72. The molecule has 0 unspecified atom stereocenters. The van der Waals surface area contributed by atoms with Crippen LogP contribution in [0, 0.1) is 12.3 Å². The molecule has 0 amide bonds. The summed E-state index contributed by atoms with van der Waals surface area (Å²) in [5.41, 5.74) is 31.3. The van der Waals surface area contributed by atoms with Crippen molar-refractivity contribution in [2.45, 2.75) is 19.8 Å². The Bertz CT molecular complexity index is 2070. The number of benzene rings is 5. The second-order valence-corrected chi connectivity index (χ2v) is 11.5. The number of aromatic nitrogens is 1. The molecular formula is C40H36N6. The van der Waals surface area contributed by atoms with E-state index in [-0.39, 0.29) is 0 Å². The Kier molecular flexibility index (Phi) is 8.58. The Morgan fingerprint density at radius 2 is 1.26 bits per heavy atom. The first kappa shape index (κ1) is 29.9. The maximum Gasteiger partial charge on any atom is 0.120 e. The molecule has 0 saturated carbocycles. The molecule has 8 N–H and O–H groups in total. The number of rotatable bonds is 9. The molecule has 6 nitrogen and oxygen atoms in total. The van der Waals surface area contributed by atoms with Gasteiger partial charge in [0, 0.05) is 50.8 Å². The summed E-state index contributed by atoms with van der Waals surface area (Å²) in [6.07, 6.45) is 9.40. The fourth-order valence-electron chi connectivity index (χ4n) is 5.44. The maximum absolute atomic E-state index is 6.40. The molecule has 0 spiro atoms. The number of hydrogen-bond donors (Lipinski definition) is 5. The zero-order chi connectivity index (χ0) is 32.0. The number of allylic oxidation sites excluding steroid dienone is 1. The highest BCUT2D eigenvalue weighted by atomic mass is 14.9. The smallest absolute Gasteiger partial charge is 0.120 e. The van der Waals surface area contributed by atoms with E-state index in [1.807, 2.05) is 60.7 Å². The SMILES string of the molecule is C#Cc1nc2ccc(N)cc2cc1C=C(C)Cc1cc(Nc2ccc(Cc3ccc(Nc4ccc(N)cc4)cc3)cc2)ccc1N. The van der Waals surface area contributed by atoms with Crippen molar-refractivity contribution < 1.29 is 0 Å². The number of fused-ring (bicyclic) bond motifs is 1. The number of nitrogens with one attached hydrogen (secondary N) is 2. The Labute approximate surface area is 270 Å². The fourth-order valence-corrected chi connectivity index (χ4v) is 5.44. The predicted octanol–water partition coefficient (Wildman–Crippen LogP) is 8.69. The van der Waals surface area contributed by atoms with Gasteiger partial charge in [0.25, 0.3) is 0 Å². The number of anilines is 7. The third-order valence-corrected chi connectivity index (χ3v) is 7.82. The van der Waals surface area contributed by atoms with E-state index >= 15 is 0 Å². The lowest BCUT2D eigenvalue weighted by molar-refractivity contribution is 1.16. The van der Waals surface area contributed by atoms with Crippen molar-refractivity contribution in [3.8, 4) is 12.3 Å². The zero-order valence-corrected chi connectivity index (χ0v) is 25.7. The highest BCUT2D eigenvalue weighted by Crippen LogP contribution is 2.27. The summed E-state index contributed by atoms with van der Waals surface area (Å²) in [7, 11) is 0. The van der Waals surface area contributed by atoms with E-state index in [9.17, 15) is 0 Å². The minimum atomic E-state index is 0.604. The van der Waals surface area contributed by atoms with Gasteiger partial charge in [-0.1, -0.05) is 35.9 Å². The van der Waals surface area contributed by atoms with Crippen molar-refractivity contribution in [2.24, 2.45) is 0 Å². The van der Waals surface area contributed by atoms with E-state index in [4.69, 9.17) is 23.6 Å². The lowest BCUT2D eigenvalue weighted by atomic mass is 10.00. The number of terminal acetylenes is 1. The van der Waals surface area contributed by atoms with E-state index in [1.54, 1.807) is 0 Å². The van der Waals surface area contributed by atoms with Gasteiger partial charge >= 0.3 is 0 Å². The first-order valence-electron chi connectivity index (χ1n) is 15.1. The van der Waals surface area contributed by atoms with Crippen LogP contribution in [0.2, 0.25) is 0 Å². The Balaban J connectivity index is 1.10. The molecule has 0 aliphatic heterocycles. The predicted molar refractivity (Wildman–Crippen MR) is 195 cm³/mol. The number of nitrogens with two attached hydrogens (primary N) is 3. The molecule has 6 heteroatoms. The molecule has 46 heavy (non-hydrogen) atoms. The van der Waals surface area contributed by atoms with Crippen molar-refractivity contribution in [3.63, 3.8) is 0 Å². The molecule has 6 rings (SSSR count). The minimum absolute atomic E-state index is 0.604. The molecule has 0 fully saturated rings. The topological polar surface area (TPSA) is 115 Å². The van der Waals surface area contributed by atoms with Crippen LogP contribution in [-0.2, 0) is 12.8 Å². The van der Waals surface area contributed by atoms with Crippen LogP contribution in [0.1, 0.15) is 34.9 Å². The van der Waals surface area contributed by atoms with E-state index < -0.39 is 0 Å². The molecule has 0 atom stereocenters. The zero-order valence-electron chi connectivity index (χ0n) is 25.7. The number of hydrogen-bond acceptors (Lipinski definition) is 6. The molecule has 226 valence electrons. The van der Waals surface area contributed by atoms with Gasteiger partial charge in [-0.25, -0.2) is 4.98 Å². The van der Waals surface area contributed by atoms with Gasteiger partial charge in [-0.3, -0.25) is 0 Å². The van der Waals surface area contributed by atoms with Crippen LogP contribution in [0.5, 0.6) is 0 Å². The maximum atomic E-state index is 6.40. The van der Waals surface area contributed by atoms with Gasteiger partial charge in [-0.05, 0) is 133 Å². The highest BCUT2D eigenvalue weighted by molar-refractivity contribution is 5.85. The molecule has 5 aromatic carbocycles. The average molecular weight is 601 g/mol. The van der Waals surface area contributed by atoms with Crippen molar-refractivity contribution in [3.05, 3.63) is 149 Å². The van der Waals surface area contributed by atoms with Crippen LogP contribution in [0.4, 0.5) is 39.8 Å². The van der Waals surface area contributed by atoms with Crippen LogP contribution >= 0.6 is 0 Å². The summed E-state index contributed by atoms with van der Waals surface area (Å²) in [5, 5.41) is 7.88. The summed E-state index contributed by atoms with van der Waals surface area (Å²) in [6, 6.07) is 38.5. The molecular weight excluding hydrogens is 564 g/mol. The lowest BCUT2D eigenvalue weighted by Crippen LogP contribution is -1.99. The Hall–Kier alpha value is -6.19. The number of pyridine rings is 1. The molecule has 0 aliphatic carbocycles. The van der Waals surface area contributed by atoms with Gasteiger partial charge in [-0.2, -0.15) is 0 Å². The van der Waals surface area contributed by atoms with Crippen LogP contribution in [0.3, 0.4) is 0 Å². The monoisotopic (exact) mass is 600 g/mol. The van der Waals surface area contributed by atoms with Crippen molar-refractivity contribution in [1.82, 2.24) is 4.98 Å². The lowest BCUT2D eigenvalue weighted by Gasteiger charge is -2.12. The third-order valence-electron chi connectivity index (χ3n) is 7.82. The molecule has 1 aromatic heterocycles. The van der Waals surface area contributed by atoms with Gasteiger partial charge in [-0.15, -0.1) is 6.42 Å². The highest BCUT2D eigenvalue weighted by Gasteiger charge is 2.08. The molecule has 0 bridgehead atoms. The van der Waals surface area contributed by atoms with Gasteiger partial charge in [0.15, 0.2) is 0 Å².